The molecule has 0 saturated carbocycles. The van der Waals surface area contributed by atoms with Crippen molar-refractivity contribution in [2.24, 2.45) is 17.6 Å². The number of aliphatic carboxylic acids is 1. The number of primary amides is 1. The van der Waals surface area contributed by atoms with Gasteiger partial charge in [-0.05, 0) is 85.5 Å². The smallest absolute Gasteiger partial charge is 0.415 e. The maximum absolute atomic E-state index is 13.8. The molecule has 0 bridgehead atoms. The molecule has 0 radical (unpaired) electrons. The molecule has 6 rings (SSSR count). The maximum atomic E-state index is 13.8. The third-order valence-electron chi connectivity index (χ3n) is 14.7. The number of anilines is 1. The van der Waals surface area contributed by atoms with Crippen LogP contribution in [0, 0.1) is 11.8 Å². The van der Waals surface area contributed by atoms with E-state index in [4.69, 9.17) is 24.9 Å². The van der Waals surface area contributed by atoms with Gasteiger partial charge in [-0.1, -0.05) is 53.7 Å². The van der Waals surface area contributed by atoms with Gasteiger partial charge in [-0.2, -0.15) is 0 Å². The van der Waals surface area contributed by atoms with Crippen LogP contribution < -0.4 is 42.6 Å². The van der Waals surface area contributed by atoms with Crippen molar-refractivity contribution in [3.63, 3.8) is 0 Å². The van der Waals surface area contributed by atoms with Crippen LogP contribution in [0.3, 0.4) is 0 Å². The number of Topliss-reactive ketones (excluding diaryl/α,β-unsaturated/α-hetero) is 1. The summed E-state index contributed by atoms with van der Waals surface area (Å²) in [5.74, 6) is -5.79. The molecule has 84 heavy (non-hydrogen) atoms. The number of esters is 1. The van der Waals surface area contributed by atoms with Gasteiger partial charge in [-0.3, -0.25) is 33.6 Å². The third kappa shape index (κ3) is 15.8. The zero-order valence-electron chi connectivity index (χ0n) is 48.4. The van der Waals surface area contributed by atoms with Gasteiger partial charge in [0.2, 0.25) is 23.6 Å². The van der Waals surface area contributed by atoms with Crippen molar-refractivity contribution in [3.05, 3.63) is 86.7 Å². The monoisotopic (exact) mass is 1170 g/mol. The SMILES string of the molecule is CCc1c2c(nc3ccc(OC(=O)N(C)CCN(C)C(=O)OCc4ccc(NC(=O)[C@H](CCCNC(N)=O)NC(=O)[C@@H](NC(=O)[C@H](CCC(=O)O)NC(=O)CCC(=O)C(C)C)C(C)C)cc4)cc13)-c1cc3c(c(=O)n1C2)COC(=O)[C@]3(O)CC. The lowest BCUT2D eigenvalue weighted by molar-refractivity contribution is -0.172. The Morgan fingerprint density at radius 1 is 0.821 bits per heavy atom. The summed E-state index contributed by atoms with van der Waals surface area (Å²) >= 11 is 0. The number of likely N-dealkylation sites (N-methyl/N-ethyl adjacent to an activating group) is 2. The molecular weight excluding hydrogens is 1090 g/mol. The van der Waals surface area contributed by atoms with E-state index in [0.29, 0.717) is 40.0 Å². The number of hydrogen-bond donors (Lipinski definition) is 8. The highest BCUT2D eigenvalue weighted by Crippen LogP contribution is 2.41. The van der Waals surface area contributed by atoms with Gasteiger partial charge in [-0.25, -0.2) is 24.2 Å². The number of fused-ring (bicyclic) bond motifs is 5. The average Bonchev–Trinajstić information content (AvgIpc) is 1.76. The fourth-order valence-corrected chi connectivity index (χ4v) is 9.60. The van der Waals surface area contributed by atoms with E-state index in [-0.39, 0.29) is 112 Å². The molecule has 0 aliphatic carbocycles. The summed E-state index contributed by atoms with van der Waals surface area (Å²) < 4.78 is 18.0. The summed E-state index contributed by atoms with van der Waals surface area (Å²) in [5, 5.41) is 34.2. The van der Waals surface area contributed by atoms with Crippen LogP contribution in [0.4, 0.5) is 20.1 Å². The number of aromatic nitrogens is 2. The van der Waals surface area contributed by atoms with Crippen LogP contribution in [-0.2, 0) is 74.8 Å². The normalized spacial score (nSPS) is 15.1. The summed E-state index contributed by atoms with van der Waals surface area (Å²) in [4.78, 5) is 149. The zero-order chi connectivity index (χ0) is 61.7. The van der Waals surface area contributed by atoms with Gasteiger partial charge in [-0.15, -0.1) is 0 Å². The predicted octanol–water partition coefficient (Wildman–Crippen LogP) is 3.71. The first-order valence-electron chi connectivity index (χ1n) is 27.8. The molecule has 8 amide bonds. The van der Waals surface area contributed by atoms with Crippen LogP contribution in [0.2, 0.25) is 0 Å². The lowest BCUT2D eigenvalue weighted by Crippen LogP contribution is -2.58. The number of ketones is 1. The largest absolute Gasteiger partial charge is 0.481 e. The molecule has 2 aliphatic rings. The van der Waals surface area contributed by atoms with Crippen LogP contribution in [0.5, 0.6) is 5.75 Å². The van der Waals surface area contributed by atoms with Gasteiger partial charge in [0.05, 0.1) is 29.0 Å². The van der Waals surface area contributed by atoms with Gasteiger partial charge in [0.25, 0.3) is 5.56 Å². The number of nitrogens with zero attached hydrogens (tertiary/aromatic N) is 4. The highest BCUT2D eigenvalue weighted by atomic mass is 16.6. The number of aryl methyl sites for hydroxylation is 1. The molecule has 26 heteroatoms. The van der Waals surface area contributed by atoms with E-state index in [0.717, 1.165) is 11.1 Å². The molecule has 4 aromatic rings. The first-order chi connectivity index (χ1) is 39.8. The number of pyridine rings is 2. The van der Waals surface area contributed by atoms with E-state index >= 15 is 0 Å². The minimum atomic E-state index is -1.96. The number of rotatable bonds is 27. The van der Waals surface area contributed by atoms with E-state index in [9.17, 15) is 63.0 Å². The number of carboxylic acids is 1. The number of nitrogens with one attached hydrogen (secondary N) is 5. The first kappa shape index (κ1) is 64.2. The highest BCUT2D eigenvalue weighted by molar-refractivity contribution is 5.99. The number of benzene rings is 2. The van der Waals surface area contributed by atoms with Crippen LogP contribution in [0.15, 0.2) is 53.3 Å². The second-order valence-corrected chi connectivity index (χ2v) is 21.4. The van der Waals surface area contributed by atoms with Crippen molar-refractivity contribution < 1.29 is 72.4 Å². The Labute approximate surface area is 484 Å². The Hall–Kier alpha value is -8.94. The van der Waals surface area contributed by atoms with Crippen LogP contribution in [-0.4, -0.2) is 141 Å². The van der Waals surface area contributed by atoms with Gasteiger partial charge < -0.3 is 71.1 Å². The van der Waals surface area contributed by atoms with Crippen molar-refractivity contribution in [1.82, 2.24) is 40.6 Å². The van der Waals surface area contributed by atoms with Crippen molar-refractivity contribution in [2.75, 3.05) is 39.0 Å². The summed E-state index contributed by atoms with van der Waals surface area (Å²) in [7, 11) is 3.01. The number of ether oxygens (including phenoxy) is 3. The molecule has 9 N–H and O–H groups in total. The number of amides is 8. The number of hydrogen-bond acceptors (Lipinski definition) is 16. The van der Waals surface area contributed by atoms with E-state index in [1.54, 1.807) is 87.7 Å². The number of urea groups is 1. The molecule has 26 nitrogen and oxygen atoms in total. The Bertz CT molecular complexity index is 3250. The van der Waals surface area contributed by atoms with Crippen LogP contribution >= 0.6 is 0 Å². The Morgan fingerprint density at radius 3 is 2.13 bits per heavy atom. The lowest BCUT2D eigenvalue weighted by Gasteiger charge is -2.31. The molecule has 4 atom stereocenters. The molecule has 2 aromatic carbocycles. The van der Waals surface area contributed by atoms with Crippen molar-refractivity contribution in [1.29, 1.82) is 0 Å². The van der Waals surface area contributed by atoms with Crippen molar-refractivity contribution >= 4 is 76.2 Å². The quantitative estimate of drug-likeness (QED) is 0.0274. The zero-order valence-corrected chi connectivity index (χ0v) is 48.4. The molecule has 2 aromatic heterocycles. The predicted molar refractivity (Wildman–Crippen MR) is 304 cm³/mol. The molecule has 0 spiro atoms. The standard InChI is InChI=1S/C58H74N10O16/c1-9-36-37-26-35(17-18-41(37)63-49-38(36)28-68-44(49)27-40-39(53(68)76)30-82-54(77)58(40,81)10-2)84-57(80)67(8)25-24-66(7)56(79)83-29-33-13-15-34(16-14-33)61-50(73)42(12-11-23-60-55(59)78)64-52(75)48(32(5)6)65-51(74)43(19-22-47(71)72)62-46(70)21-20-45(69)31(3)4/h13-18,26-27,31-32,42-43,48,81H,9-12,19-25,28-30H2,1-8H3,(H,61,73)(H,62,70)(H,64,75)(H,65,74)(H,71,72)(H3,59,60,78)/t42-,43-,48-,58-/m0/s1. The minimum Gasteiger partial charge on any atom is -0.481 e. The highest BCUT2D eigenvalue weighted by Gasteiger charge is 2.45. The van der Waals surface area contributed by atoms with Gasteiger partial charge in [0, 0.05) is 81.1 Å². The maximum Gasteiger partial charge on any atom is 0.415 e. The molecule has 4 heterocycles. The second kappa shape index (κ2) is 28.4. The van der Waals surface area contributed by atoms with E-state index < -0.39 is 89.9 Å². The van der Waals surface area contributed by atoms with Gasteiger partial charge in [0.1, 0.15) is 42.9 Å². The van der Waals surface area contributed by atoms with Gasteiger partial charge in [0.15, 0.2) is 5.60 Å². The molecule has 0 fully saturated rings. The Kier molecular flexibility index (Phi) is 21.7. The number of carboxylic acid groups (broad SMARTS) is 1. The fourth-order valence-electron chi connectivity index (χ4n) is 9.60. The van der Waals surface area contributed by atoms with Crippen molar-refractivity contribution in [3.8, 4) is 17.1 Å². The second-order valence-electron chi connectivity index (χ2n) is 21.4. The lowest BCUT2D eigenvalue weighted by atomic mass is 9.86. The average molecular weight is 1170 g/mol. The Morgan fingerprint density at radius 2 is 1.50 bits per heavy atom. The summed E-state index contributed by atoms with van der Waals surface area (Å²) in [6.07, 6.45) is -1.75. The van der Waals surface area contributed by atoms with E-state index in [1.807, 2.05) is 6.92 Å². The minimum absolute atomic E-state index is 0.00663. The topological polar surface area (TPSA) is 366 Å². The van der Waals surface area contributed by atoms with Gasteiger partial charge >= 0.3 is 30.2 Å². The number of aliphatic hydroxyl groups is 1. The summed E-state index contributed by atoms with van der Waals surface area (Å²) in [5.41, 5.74) is 7.44. The Balaban J connectivity index is 1.01. The van der Waals surface area contributed by atoms with E-state index in [1.165, 1.54) is 23.9 Å². The summed E-state index contributed by atoms with van der Waals surface area (Å²) in [6, 6.07) is 8.32. The van der Waals surface area contributed by atoms with Crippen LogP contribution in [0.25, 0.3) is 22.3 Å². The molecule has 2 aliphatic heterocycles. The number of nitrogens with two attached hydrogens (primary N) is 1. The molecule has 0 saturated heterocycles. The number of cyclic esters (lactones) is 1. The molecule has 452 valence electrons. The van der Waals surface area contributed by atoms with Crippen molar-refractivity contribution in [2.45, 2.75) is 136 Å². The summed E-state index contributed by atoms with van der Waals surface area (Å²) in [6.45, 7) is 10.2. The fraction of sp³-hybridized carbons (Fsp3) is 0.483. The van der Waals surface area contributed by atoms with E-state index in [2.05, 4.69) is 26.6 Å². The third-order valence-corrected chi connectivity index (χ3v) is 14.7. The number of carbonyl (C=O) groups excluding carboxylic acids is 9. The molecular formula is C58H74N10O16. The number of carbonyl (C=O) groups is 10. The first-order valence-corrected chi connectivity index (χ1v) is 27.8. The van der Waals surface area contributed by atoms with Crippen LogP contribution in [0.1, 0.15) is 114 Å². The molecule has 0 unspecified atom stereocenters.